The summed E-state index contributed by atoms with van der Waals surface area (Å²) in [5.74, 6) is 0.192. The molecule has 188 valence electrons. The van der Waals surface area contributed by atoms with Gasteiger partial charge >= 0.3 is 0 Å². The summed E-state index contributed by atoms with van der Waals surface area (Å²) in [4.78, 5) is 23.6. The summed E-state index contributed by atoms with van der Waals surface area (Å²) in [5.41, 5.74) is 4.07. The minimum atomic E-state index is 0.192. The van der Waals surface area contributed by atoms with Crippen LogP contribution in [0.5, 0.6) is 0 Å². The number of aromatic amines is 1. The van der Waals surface area contributed by atoms with Crippen LogP contribution in [0.3, 0.4) is 0 Å². The van der Waals surface area contributed by atoms with Crippen molar-refractivity contribution in [3.05, 3.63) is 65.9 Å². The number of piperazine rings is 1. The van der Waals surface area contributed by atoms with Crippen LogP contribution in [0.2, 0.25) is 0 Å². The van der Waals surface area contributed by atoms with Crippen molar-refractivity contribution in [1.29, 1.82) is 5.26 Å². The van der Waals surface area contributed by atoms with Gasteiger partial charge in [-0.1, -0.05) is 18.2 Å². The standard InChI is InChI=1S/C29H35N5O2/c30-20-23-8-9-28-27(19-23)24(21-31-28)5-4-12-32-13-15-33(16-14-32)22-29(35)34(25-6-2-1-3-7-25)26-10-17-36-18-11-26/h1-3,6-9,19,21,26,31H,4-5,10-18,22H2. The predicted octanol–water partition coefficient (Wildman–Crippen LogP) is 3.80. The van der Waals surface area contributed by atoms with Crippen molar-refractivity contribution in [2.24, 2.45) is 0 Å². The van der Waals surface area contributed by atoms with Gasteiger partial charge in [-0.25, -0.2) is 0 Å². The molecule has 2 aliphatic heterocycles. The van der Waals surface area contributed by atoms with Crippen molar-refractivity contribution in [1.82, 2.24) is 14.8 Å². The third-order valence-corrected chi connectivity index (χ3v) is 7.50. The van der Waals surface area contributed by atoms with E-state index in [9.17, 15) is 10.1 Å². The monoisotopic (exact) mass is 485 g/mol. The number of aryl methyl sites for hydroxylation is 1. The fraction of sp³-hybridized carbons (Fsp3) is 0.448. The van der Waals surface area contributed by atoms with Gasteiger partial charge in [0.05, 0.1) is 18.2 Å². The van der Waals surface area contributed by atoms with Crippen LogP contribution in [0.1, 0.15) is 30.4 Å². The van der Waals surface area contributed by atoms with Gasteiger partial charge in [0.25, 0.3) is 0 Å². The third kappa shape index (κ3) is 5.79. The van der Waals surface area contributed by atoms with E-state index < -0.39 is 0 Å². The fourth-order valence-electron chi connectivity index (χ4n) is 5.48. The van der Waals surface area contributed by atoms with E-state index in [1.807, 2.05) is 53.4 Å². The highest BCUT2D eigenvalue weighted by atomic mass is 16.5. The number of nitrogens with one attached hydrogen (secondary N) is 1. The molecule has 2 aliphatic rings. The zero-order valence-corrected chi connectivity index (χ0v) is 20.9. The van der Waals surface area contributed by atoms with E-state index in [4.69, 9.17) is 4.74 Å². The molecule has 3 heterocycles. The average molecular weight is 486 g/mol. The van der Waals surface area contributed by atoms with Gasteiger partial charge in [0.2, 0.25) is 5.91 Å². The van der Waals surface area contributed by atoms with Crippen LogP contribution in [0.4, 0.5) is 5.69 Å². The zero-order chi connectivity index (χ0) is 24.7. The molecule has 2 saturated heterocycles. The number of fused-ring (bicyclic) bond motifs is 1. The van der Waals surface area contributed by atoms with E-state index in [0.29, 0.717) is 12.1 Å². The van der Waals surface area contributed by atoms with E-state index in [2.05, 4.69) is 27.0 Å². The quantitative estimate of drug-likeness (QED) is 0.525. The third-order valence-electron chi connectivity index (χ3n) is 7.50. The molecular formula is C29H35N5O2. The minimum Gasteiger partial charge on any atom is -0.381 e. The van der Waals surface area contributed by atoms with Crippen molar-refractivity contribution >= 4 is 22.5 Å². The SMILES string of the molecule is N#Cc1ccc2[nH]cc(CCCN3CCN(CC(=O)N(c4ccccc4)C4CCOCC4)CC3)c2c1. The van der Waals surface area contributed by atoms with Gasteiger partial charge < -0.3 is 19.5 Å². The summed E-state index contributed by atoms with van der Waals surface area (Å²) in [6.45, 7) is 6.77. The maximum absolute atomic E-state index is 13.5. The van der Waals surface area contributed by atoms with Crippen molar-refractivity contribution in [2.75, 3.05) is 57.4 Å². The molecule has 1 N–H and O–H groups in total. The van der Waals surface area contributed by atoms with Crippen LogP contribution < -0.4 is 4.90 Å². The summed E-state index contributed by atoms with van der Waals surface area (Å²) in [7, 11) is 0. The fourth-order valence-corrected chi connectivity index (χ4v) is 5.48. The van der Waals surface area contributed by atoms with Gasteiger partial charge in [0, 0.05) is 68.2 Å². The Labute approximate surface area is 213 Å². The second-order valence-electron chi connectivity index (χ2n) is 9.85. The summed E-state index contributed by atoms with van der Waals surface area (Å²) < 4.78 is 5.55. The number of hydrogen-bond acceptors (Lipinski definition) is 5. The number of ether oxygens (including phenoxy) is 1. The first-order valence-corrected chi connectivity index (χ1v) is 13.1. The van der Waals surface area contributed by atoms with Crippen LogP contribution in [0, 0.1) is 11.3 Å². The molecule has 0 atom stereocenters. The highest BCUT2D eigenvalue weighted by molar-refractivity contribution is 5.95. The number of nitriles is 1. The molecule has 1 aromatic heterocycles. The molecule has 36 heavy (non-hydrogen) atoms. The number of para-hydroxylation sites is 1. The van der Waals surface area contributed by atoms with E-state index in [-0.39, 0.29) is 11.9 Å². The number of hydrogen-bond donors (Lipinski definition) is 1. The Kier molecular flexibility index (Phi) is 7.97. The highest BCUT2D eigenvalue weighted by Crippen LogP contribution is 2.24. The lowest BCUT2D eigenvalue weighted by atomic mass is 10.1. The molecule has 2 aromatic carbocycles. The van der Waals surface area contributed by atoms with Crippen LogP contribution in [0.15, 0.2) is 54.7 Å². The lowest BCUT2D eigenvalue weighted by Gasteiger charge is -2.38. The smallest absolute Gasteiger partial charge is 0.241 e. The van der Waals surface area contributed by atoms with Crippen LogP contribution in [0.25, 0.3) is 10.9 Å². The first kappa shape index (κ1) is 24.5. The van der Waals surface area contributed by atoms with Gasteiger partial charge in [0.1, 0.15) is 0 Å². The van der Waals surface area contributed by atoms with Gasteiger partial charge in [0.15, 0.2) is 0 Å². The number of aromatic nitrogens is 1. The lowest BCUT2D eigenvalue weighted by molar-refractivity contribution is -0.121. The lowest BCUT2D eigenvalue weighted by Crippen LogP contribution is -2.52. The molecule has 0 spiro atoms. The minimum absolute atomic E-state index is 0.192. The average Bonchev–Trinajstić information content (AvgIpc) is 3.33. The summed E-state index contributed by atoms with van der Waals surface area (Å²) in [6.07, 6.45) is 5.93. The Hall–Kier alpha value is -3.18. The van der Waals surface area contributed by atoms with Crippen LogP contribution >= 0.6 is 0 Å². The Bertz CT molecular complexity index is 1190. The molecule has 7 heteroatoms. The molecule has 0 unspecified atom stereocenters. The Morgan fingerprint density at radius 1 is 1.06 bits per heavy atom. The molecule has 0 bridgehead atoms. The Morgan fingerprint density at radius 3 is 2.56 bits per heavy atom. The van der Waals surface area contributed by atoms with Crippen molar-refractivity contribution in [3.63, 3.8) is 0 Å². The number of benzene rings is 2. The molecular weight excluding hydrogens is 450 g/mol. The number of anilines is 1. The number of carbonyl (C=O) groups excluding carboxylic acids is 1. The molecule has 5 rings (SSSR count). The topological polar surface area (TPSA) is 75.6 Å². The molecule has 7 nitrogen and oxygen atoms in total. The molecule has 2 fully saturated rings. The van der Waals surface area contributed by atoms with E-state index >= 15 is 0 Å². The van der Waals surface area contributed by atoms with E-state index in [1.165, 1.54) is 5.56 Å². The van der Waals surface area contributed by atoms with E-state index in [0.717, 1.165) is 88.2 Å². The second kappa shape index (κ2) is 11.7. The predicted molar refractivity (Wildman–Crippen MR) is 142 cm³/mol. The van der Waals surface area contributed by atoms with Gasteiger partial charge in [-0.15, -0.1) is 0 Å². The molecule has 3 aromatic rings. The van der Waals surface area contributed by atoms with Crippen molar-refractivity contribution in [3.8, 4) is 6.07 Å². The van der Waals surface area contributed by atoms with Crippen LogP contribution in [-0.4, -0.2) is 79.2 Å². The number of carbonyl (C=O) groups is 1. The normalized spacial score (nSPS) is 17.8. The highest BCUT2D eigenvalue weighted by Gasteiger charge is 2.29. The Morgan fingerprint density at radius 2 is 1.81 bits per heavy atom. The molecule has 0 aliphatic carbocycles. The number of H-pyrrole nitrogens is 1. The van der Waals surface area contributed by atoms with Crippen molar-refractivity contribution < 1.29 is 9.53 Å². The number of amides is 1. The molecule has 0 radical (unpaired) electrons. The van der Waals surface area contributed by atoms with Crippen LogP contribution in [-0.2, 0) is 16.0 Å². The van der Waals surface area contributed by atoms with E-state index in [1.54, 1.807) is 0 Å². The summed E-state index contributed by atoms with van der Waals surface area (Å²) in [6, 6.07) is 18.4. The molecule has 0 saturated carbocycles. The number of rotatable bonds is 8. The van der Waals surface area contributed by atoms with Gasteiger partial charge in [-0.3, -0.25) is 9.69 Å². The van der Waals surface area contributed by atoms with Crippen molar-refractivity contribution in [2.45, 2.75) is 31.7 Å². The number of nitrogens with zero attached hydrogens (tertiary/aromatic N) is 4. The first-order chi connectivity index (χ1) is 17.7. The largest absolute Gasteiger partial charge is 0.381 e. The maximum atomic E-state index is 13.5. The summed E-state index contributed by atoms with van der Waals surface area (Å²) in [5, 5.41) is 10.4. The van der Waals surface area contributed by atoms with Gasteiger partial charge in [-0.05, 0) is 68.1 Å². The van der Waals surface area contributed by atoms with Gasteiger partial charge in [-0.2, -0.15) is 5.26 Å². The summed E-state index contributed by atoms with van der Waals surface area (Å²) >= 11 is 0. The first-order valence-electron chi connectivity index (χ1n) is 13.1. The maximum Gasteiger partial charge on any atom is 0.241 e. The second-order valence-corrected chi connectivity index (χ2v) is 9.85. The Balaban J connectivity index is 1.11. The zero-order valence-electron chi connectivity index (χ0n) is 20.9. The molecule has 1 amide bonds.